The van der Waals surface area contributed by atoms with Crippen molar-refractivity contribution in [3.05, 3.63) is 22.3 Å². The highest BCUT2D eigenvalue weighted by molar-refractivity contribution is 7.91. The topological polar surface area (TPSA) is 98.4 Å². The molecule has 2 aromatic heterocycles. The Bertz CT molecular complexity index is 710. The summed E-state index contributed by atoms with van der Waals surface area (Å²) in [6.45, 7) is 2.47. The molecular weight excluding hydrogens is 332 g/mol. The minimum absolute atomic E-state index is 0.0390. The Morgan fingerprint density at radius 1 is 1.52 bits per heavy atom. The van der Waals surface area contributed by atoms with E-state index in [1.165, 1.54) is 17.5 Å². The average Bonchev–Trinajstić information content (AvgIpc) is 3.05. The first kappa shape index (κ1) is 16.3. The van der Waals surface area contributed by atoms with Crippen molar-refractivity contribution in [2.75, 3.05) is 19.1 Å². The summed E-state index contributed by atoms with van der Waals surface area (Å²) in [4.78, 5) is 10.4. The second kappa shape index (κ2) is 6.36. The Labute approximate surface area is 131 Å². The van der Waals surface area contributed by atoms with Gasteiger partial charge in [0.15, 0.2) is 9.34 Å². The molecule has 1 unspecified atom stereocenters. The van der Waals surface area contributed by atoms with E-state index >= 15 is 0 Å². The van der Waals surface area contributed by atoms with Gasteiger partial charge in [0.05, 0.1) is 18.4 Å². The maximum Gasteiger partial charge on any atom is 0.249 e. The van der Waals surface area contributed by atoms with Gasteiger partial charge in [0.25, 0.3) is 0 Å². The molecule has 2 heterocycles. The number of thiazole rings is 2. The van der Waals surface area contributed by atoms with Crippen LogP contribution in [0.4, 0.5) is 5.13 Å². The van der Waals surface area contributed by atoms with Crippen molar-refractivity contribution in [1.29, 1.82) is 0 Å². The van der Waals surface area contributed by atoms with Gasteiger partial charge in [-0.1, -0.05) is 11.3 Å². The van der Waals surface area contributed by atoms with Crippen molar-refractivity contribution >= 4 is 37.8 Å². The van der Waals surface area contributed by atoms with Crippen molar-refractivity contribution in [3.8, 4) is 0 Å². The fraction of sp³-hybridized carbons (Fsp3) is 0.455. The van der Waals surface area contributed by atoms with Crippen LogP contribution in [0, 0.1) is 0 Å². The van der Waals surface area contributed by atoms with Gasteiger partial charge < -0.3 is 9.64 Å². The molecule has 2 rings (SSSR count). The number of sulfonamides is 1. The summed E-state index contributed by atoms with van der Waals surface area (Å²) in [5.41, 5.74) is 0.883. The first-order valence-electron chi connectivity index (χ1n) is 5.98. The molecule has 21 heavy (non-hydrogen) atoms. The molecule has 0 aromatic carbocycles. The zero-order valence-corrected chi connectivity index (χ0v) is 14.3. The number of ether oxygens (including phenoxy) is 1. The Hall–Kier alpha value is -1.07. The smallest absolute Gasteiger partial charge is 0.249 e. The predicted molar refractivity (Wildman–Crippen MR) is 83.1 cm³/mol. The van der Waals surface area contributed by atoms with Crippen LogP contribution in [0.15, 0.2) is 15.8 Å². The van der Waals surface area contributed by atoms with E-state index in [0.717, 1.165) is 22.0 Å². The van der Waals surface area contributed by atoms with Crippen LogP contribution in [0.25, 0.3) is 0 Å². The highest BCUT2D eigenvalue weighted by Crippen LogP contribution is 2.26. The van der Waals surface area contributed by atoms with E-state index in [4.69, 9.17) is 9.88 Å². The van der Waals surface area contributed by atoms with Crippen molar-refractivity contribution < 1.29 is 13.2 Å². The Morgan fingerprint density at radius 2 is 2.24 bits per heavy atom. The third-order valence-corrected chi connectivity index (χ3v) is 6.32. The van der Waals surface area contributed by atoms with E-state index in [1.54, 1.807) is 7.11 Å². The molecule has 0 fully saturated rings. The molecule has 10 heteroatoms. The van der Waals surface area contributed by atoms with Crippen molar-refractivity contribution in [2.45, 2.75) is 23.8 Å². The van der Waals surface area contributed by atoms with Crippen LogP contribution in [0.5, 0.6) is 0 Å². The summed E-state index contributed by atoms with van der Waals surface area (Å²) in [5, 5.41) is 8.51. The molecule has 2 N–H and O–H groups in total. The average molecular weight is 348 g/mol. The second-order valence-electron chi connectivity index (χ2n) is 4.42. The molecule has 0 spiro atoms. The van der Waals surface area contributed by atoms with Crippen molar-refractivity contribution in [1.82, 2.24) is 9.97 Å². The normalized spacial score (nSPS) is 13.3. The molecule has 116 valence electrons. The van der Waals surface area contributed by atoms with E-state index in [2.05, 4.69) is 9.97 Å². The van der Waals surface area contributed by atoms with Crippen LogP contribution in [0.2, 0.25) is 0 Å². The number of anilines is 1. The van der Waals surface area contributed by atoms with Crippen LogP contribution in [0.3, 0.4) is 0 Å². The van der Waals surface area contributed by atoms with Crippen molar-refractivity contribution in [2.24, 2.45) is 5.14 Å². The van der Waals surface area contributed by atoms with E-state index in [1.807, 2.05) is 24.3 Å². The molecule has 7 nitrogen and oxygen atoms in total. The zero-order valence-electron chi connectivity index (χ0n) is 11.8. The lowest BCUT2D eigenvalue weighted by atomic mass is 10.4. The lowest BCUT2D eigenvalue weighted by Crippen LogP contribution is -2.16. The number of nitrogens with zero attached hydrogens (tertiary/aromatic N) is 3. The summed E-state index contributed by atoms with van der Waals surface area (Å²) >= 11 is 2.57. The largest absolute Gasteiger partial charge is 0.375 e. The van der Waals surface area contributed by atoms with Gasteiger partial charge in [0.1, 0.15) is 11.1 Å². The Kier molecular flexibility index (Phi) is 4.94. The summed E-state index contributed by atoms with van der Waals surface area (Å²) in [7, 11) is -0.235. The lowest BCUT2D eigenvalue weighted by Gasteiger charge is -2.13. The monoisotopic (exact) mass is 348 g/mol. The molecule has 1 atom stereocenters. The standard InChI is InChI=1S/C11H16N4O3S3/c1-7(18-3)10-14-8(6-19-10)5-15(2)11-13-4-9(20-11)21(12,16)17/h4,6-7H,5H2,1-3H3,(H2,12,16,17). The first-order chi connectivity index (χ1) is 9.81. The number of aromatic nitrogens is 2. The van der Waals surface area contributed by atoms with E-state index in [-0.39, 0.29) is 10.3 Å². The number of rotatable bonds is 6. The quantitative estimate of drug-likeness (QED) is 0.851. The van der Waals surface area contributed by atoms with Crippen LogP contribution < -0.4 is 10.0 Å². The minimum atomic E-state index is -3.70. The first-order valence-corrected chi connectivity index (χ1v) is 9.22. The fourth-order valence-electron chi connectivity index (χ4n) is 1.55. The molecule has 0 bridgehead atoms. The fourth-order valence-corrected chi connectivity index (χ4v) is 3.89. The Balaban J connectivity index is 2.09. The van der Waals surface area contributed by atoms with Gasteiger partial charge in [0, 0.05) is 19.5 Å². The van der Waals surface area contributed by atoms with Crippen LogP contribution in [-0.4, -0.2) is 32.5 Å². The zero-order chi connectivity index (χ0) is 15.6. The Morgan fingerprint density at radius 3 is 2.81 bits per heavy atom. The third-order valence-electron chi connectivity index (χ3n) is 2.75. The summed E-state index contributed by atoms with van der Waals surface area (Å²) in [6.07, 6.45) is 1.23. The number of nitrogens with two attached hydrogens (primary N) is 1. The van der Waals surface area contributed by atoms with Crippen LogP contribution >= 0.6 is 22.7 Å². The van der Waals surface area contributed by atoms with E-state index in [9.17, 15) is 8.42 Å². The van der Waals surface area contributed by atoms with Gasteiger partial charge in [-0.05, 0) is 6.92 Å². The van der Waals surface area contributed by atoms with Crippen molar-refractivity contribution in [3.63, 3.8) is 0 Å². The second-order valence-corrected chi connectivity index (χ2v) is 8.10. The summed E-state index contributed by atoms with van der Waals surface area (Å²) < 4.78 is 27.8. The molecule has 0 aliphatic rings. The molecule has 0 amide bonds. The van der Waals surface area contributed by atoms with Gasteiger partial charge in [-0.25, -0.2) is 23.5 Å². The minimum Gasteiger partial charge on any atom is -0.375 e. The highest BCUT2D eigenvalue weighted by atomic mass is 32.2. The van der Waals surface area contributed by atoms with Crippen LogP contribution in [-0.2, 0) is 21.3 Å². The molecule has 0 saturated heterocycles. The number of methoxy groups -OCH3 is 1. The van der Waals surface area contributed by atoms with E-state index in [0.29, 0.717) is 11.7 Å². The number of primary sulfonamides is 1. The van der Waals surface area contributed by atoms with Gasteiger partial charge in [-0.3, -0.25) is 0 Å². The summed E-state index contributed by atoms with van der Waals surface area (Å²) in [6, 6.07) is 0. The number of hydrogen-bond acceptors (Lipinski definition) is 8. The van der Waals surface area contributed by atoms with Gasteiger partial charge in [-0.2, -0.15) is 0 Å². The molecule has 0 saturated carbocycles. The maximum atomic E-state index is 11.2. The molecule has 2 aromatic rings. The highest BCUT2D eigenvalue weighted by Gasteiger charge is 2.16. The van der Waals surface area contributed by atoms with Gasteiger partial charge in [0.2, 0.25) is 10.0 Å². The van der Waals surface area contributed by atoms with Gasteiger partial charge >= 0.3 is 0 Å². The van der Waals surface area contributed by atoms with Crippen LogP contribution in [0.1, 0.15) is 23.7 Å². The molecular formula is C11H16N4O3S3. The third kappa shape index (κ3) is 3.98. The molecule has 0 aliphatic carbocycles. The predicted octanol–water partition coefficient (Wildman–Crippen LogP) is 1.59. The molecule has 0 radical (unpaired) electrons. The number of hydrogen-bond donors (Lipinski definition) is 1. The lowest BCUT2D eigenvalue weighted by molar-refractivity contribution is 0.119. The van der Waals surface area contributed by atoms with Gasteiger partial charge in [-0.15, -0.1) is 11.3 Å². The summed E-state index contributed by atoms with van der Waals surface area (Å²) in [5.74, 6) is 0. The maximum absolute atomic E-state index is 11.2. The van der Waals surface area contributed by atoms with E-state index < -0.39 is 10.0 Å². The molecule has 0 aliphatic heterocycles. The SMILES string of the molecule is COC(C)c1nc(CN(C)c2ncc(S(N)(=O)=O)s2)cs1.